The highest BCUT2D eigenvalue weighted by Gasteiger charge is 2.20. The Morgan fingerprint density at radius 2 is 1.93 bits per heavy atom. The molecular formula is C12H26O2Si. The van der Waals surface area contributed by atoms with Crippen LogP contribution in [0.4, 0.5) is 0 Å². The third-order valence-electron chi connectivity index (χ3n) is 3.09. The standard InChI is InChI=1S/C12H26O2Si/c1-9(2)12(10(3)4)14-8-15-11-6-5-7-13-11/h9-12H,5-8,15H2,1-4H3. The van der Waals surface area contributed by atoms with Crippen LogP contribution in [0.5, 0.6) is 0 Å². The quantitative estimate of drug-likeness (QED) is 0.649. The molecule has 15 heavy (non-hydrogen) atoms. The van der Waals surface area contributed by atoms with E-state index in [1.807, 2.05) is 0 Å². The van der Waals surface area contributed by atoms with Gasteiger partial charge in [-0.2, -0.15) is 0 Å². The SMILES string of the molecule is CC(C)C(OC[SiH2]C1CCCO1)C(C)C. The first kappa shape index (κ1) is 13.2. The number of hydrogen-bond acceptors (Lipinski definition) is 2. The molecule has 90 valence electrons. The van der Waals surface area contributed by atoms with Crippen LogP contribution in [0, 0.1) is 11.8 Å². The first-order chi connectivity index (χ1) is 7.11. The lowest BCUT2D eigenvalue weighted by Crippen LogP contribution is -2.30. The number of ether oxygens (including phenoxy) is 2. The second-order valence-electron chi connectivity index (χ2n) is 5.25. The van der Waals surface area contributed by atoms with E-state index in [4.69, 9.17) is 9.47 Å². The first-order valence-electron chi connectivity index (χ1n) is 6.34. The lowest BCUT2D eigenvalue weighted by Gasteiger charge is -2.25. The van der Waals surface area contributed by atoms with E-state index in [0.717, 1.165) is 12.8 Å². The van der Waals surface area contributed by atoms with Crippen LogP contribution in [-0.4, -0.2) is 34.2 Å². The molecule has 1 aliphatic heterocycles. The van der Waals surface area contributed by atoms with Crippen LogP contribution in [0.2, 0.25) is 0 Å². The van der Waals surface area contributed by atoms with Gasteiger partial charge in [0.1, 0.15) is 0 Å². The van der Waals surface area contributed by atoms with E-state index in [0.29, 0.717) is 23.7 Å². The molecule has 1 atom stereocenters. The van der Waals surface area contributed by atoms with Crippen molar-refractivity contribution in [3.63, 3.8) is 0 Å². The summed E-state index contributed by atoms with van der Waals surface area (Å²) < 4.78 is 11.6. The fourth-order valence-electron chi connectivity index (χ4n) is 2.36. The summed E-state index contributed by atoms with van der Waals surface area (Å²) in [6.07, 6.45) is 3.96. The molecule has 1 fully saturated rings. The van der Waals surface area contributed by atoms with Gasteiger partial charge in [-0.1, -0.05) is 27.7 Å². The molecule has 0 aromatic carbocycles. The topological polar surface area (TPSA) is 18.5 Å². The summed E-state index contributed by atoms with van der Waals surface area (Å²) >= 11 is 0. The Morgan fingerprint density at radius 3 is 2.40 bits per heavy atom. The van der Waals surface area contributed by atoms with Crippen LogP contribution in [-0.2, 0) is 9.47 Å². The molecule has 1 unspecified atom stereocenters. The summed E-state index contributed by atoms with van der Waals surface area (Å²) in [7, 11) is -0.163. The molecule has 0 aromatic heterocycles. The normalized spacial score (nSPS) is 23.0. The lowest BCUT2D eigenvalue weighted by atomic mass is 9.96. The zero-order chi connectivity index (χ0) is 11.3. The van der Waals surface area contributed by atoms with Crippen LogP contribution in [0.1, 0.15) is 40.5 Å². The van der Waals surface area contributed by atoms with Crippen molar-refractivity contribution in [1.82, 2.24) is 0 Å². The Bertz CT molecular complexity index is 157. The van der Waals surface area contributed by atoms with Gasteiger partial charge in [-0.3, -0.25) is 0 Å². The second kappa shape index (κ2) is 6.66. The summed E-state index contributed by atoms with van der Waals surface area (Å²) in [6.45, 7) is 9.97. The summed E-state index contributed by atoms with van der Waals surface area (Å²) in [5.74, 6) is 1.26. The molecule has 0 aliphatic carbocycles. The summed E-state index contributed by atoms with van der Waals surface area (Å²) in [6, 6.07) is 0. The van der Waals surface area contributed by atoms with Gasteiger partial charge in [-0.25, -0.2) is 0 Å². The van der Waals surface area contributed by atoms with Gasteiger partial charge >= 0.3 is 0 Å². The Hall–Kier alpha value is 0.137. The maximum atomic E-state index is 6.01. The Labute approximate surface area is 96.5 Å². The molecule has 2 nitrogen and oxygen atoms in total. The largest absolute Gasteiger partial charge is 0.382 e. The molecule has 1 aliphatic rings. The Balaban J connectivity index is 2.15. The zero-order valence-corrected chi connectivity index (χ0v) is 12.1. The zero-order valence-electron chi connectivity index (χ0n) is 10.7. The van der Waals surface area contributed by atoms with Crippen molar-refractivity contribution >= 4 is 9.52 Å². The predicted molar refractivity (Wildman–Crippen MR) is 66.9 cm³/mol. The second-order valence-corrected chi connectivity index (χ2v) is 7.14. The lowest BCUT2D eigenvalue weighted by molar-refractivity contribution is 0.0141. The van der Waals surface area contributed by atoms with E-state index < -0.39 is 0 Å². The van der Waals surface area contributed by atoms with E-state index in [9.17, 15) is 0 Å². The molecule has 0 radical (unpaired) electrons. The molecule has 0 saturated carbocycles. The van der Waals surface area contributed by atoms with Gasteiger partial charge in [-0.15, -0.1) is 0 Å². The van der Waals surface area contributed by atoms with Crippen molar-refractivity contribution < 1.29 is 9.47 Å². The van der Waals surface area contributed by atoms with Crippen molar-refractivity contribution in [3.8, 4) is 0 Å². The monoisotopic (exact) mass is 230 g/mol. The minimum atomic E-state index is -0.163. The third kappa shape index (κ3) is 4.66. The van der Waals surface area contributed by atoms with Crippen LogP contribution < -0.4 is 0 Å². The molecule has 0 N–H and O–H groups in total. The van der Waals surface area contributed by atoms with Gasteiger partial charge in [0.05, 0.1) is 15.6 Å². The van der Waals surface area contributed by atoms with E-state index in [1.165, 1.54) is 12.8 Å². The van der Waals surface area contributed by atoms with E-state index >= 15 is 0 Å². The van der Waals surface area contributed by atoms with E-state index in [-0.39, 0.29) is 9.52 Å². The molecule has 1 saturated heterocycles. The average molecular weight is 230 g/mol. The maximum Gasteiger partial charge on any atom is 0.0861 e. The van der Waals surface area contributed by atoms with Crippen LogP contribution >= 0.6 is 0 Å². The Kier molecular flexibility index (Phi) is 5.86. The van der Waals surface area contributed by atoms with Crippen molar-refractivity contribution in [1.29, 1.82) is 0 Å². The Morgan fingerprint density at radius 1 is 1.27 bits per heavy atom. The number of hydrogen-bond donors (Lipinski definition) is 0. The third-order valence-corrected chi connectivity index (χ3v) is 4.85. The average Bonchev–Trinajstić information content (AvgIpc) is 2.63. The van der Waals surface area contributed by atoms with E-state index in [2.05, 4.69) is 27.7 Å². The van der Waals surface area contributed by atoms with Gasteiger partial charge in [0.2, 0.25) is 0 Å². The molecule has 0 spiro atoms. The molecule has 1 rings (SSSR count). The first-order valence-corrected chi connectivity index (χ1v) is 8.16. The molecule has 1 heterocycles. The molecule has 0 amide bonds. The smallest absolute Gasteiger partial charge is 0.0861 e. The fraction of sp³-hybridized carbons (Fsp3) is 1.00. The predicted octanol–water partition coefficient (Wildman–Crippen LogP) is 1.95. The number of rotatable bonds is 6. The molecule has 0 aromatic rings. The van der Waals surface area contributed by atoms with Crippen molar-refractivity contribution in [2.45, 2.75) is 52.4 Å². The van der Waals surface area contributed by atoms with Crippen molar-refractivity contribution in [2.24, 2.45) is 11.8 Å². The summed E-state index contributed by atoms with van der Waals surface area (Å²) in [4.78, 5) is 0. The maximum absolute atomic E-state index is 6.01. The van der Waals surface area contributed by atoms with E-state index in [1.54, 1.807) is 0 Å². The van der Waals surface area contributed by atoms with Gasteiger partial charge in [0.15, 0.2) is 0 Å². The van der Waals surface area contributed by atoms with Crippen LogP contribution in [0.15, 0.2) is 0 Å². The molecule has 0 bridgehead atoms. The summed E-state index contributed by atoms with van der Waals surface area (Å²) in [5.41, 5.74) is 0.602. The molecule has 3 heteroatoms. The molecular weight excluding hydrogens is 204 g/mol. The minimum absolute atomic E-state index is 0.163. The van der Waals surface area contributed by atoms with Gasteiger partial charge < -0.3 is 9.47 Å². The highest BCUT2D eigenvalue weighted by Crippen LogP contribution is 2.16. The van der Waals surface area contributed by atoms with Crippen molar-refractivity contribution in [2.75, 3.05) is 12.8 Å². The van der Waals surface area contributed by atoms with Crippen LogP contribution in [0.3, 0.4) is 0 Å². The highest BCUT2D eigenvalue weighted by atomic mass is 28.2. The highest BCUT2D eigenvalue weighted by molar-refractivity contribution is 6.37. The van der Waals surface area contributed by atoms with Gasteiger partial charge in [-0.05, 0) is 24.7 Å². The minimum Gasteiger partial charge on any atom is -0.382 e. The summed E-state index contributed by atoms with van der Waals surface area (Å²) in [5, 5.41) is 0. The van der Waals surface area contributed by atoms with Crippen LogP contribution in [0.25, 0.3) is 0 Å². The van der Waals surface area contributed by atoms with Crippen molar-refractivity contribution in [3.05, 3.63) is 0 Å². The van der Waals surface area contributed by atoms with Gasteiger partial charge in [0.25, 0.3) is 0 Å². The fourth-order valence-corrected chi connectivity index (χ4v) is 3.94. The van der Waals surface area contributed by atoms with Gasteiger partial charge in [0, 0.05) is 18.6 Å².